The summed E-state index contributed by atoms with van der Waals surface area (Å²) in [5, 5.41) is 0. The molecule has 0 radical (unpaired) electrons. The minimum Gasteiger partial charge on any atom is -0.306 e. The minimum absolute atomic E-state index is 1.14. The molecule has 0 saturated carbocycles. The van der Waals surface area contributed by atoms with Crippen LogP contribution in [0.2, 0.25) is 0 Å². The summed E-state index contributed by atoms with van der Waals surface area (Å²) < 4.78 is 2.07. The third kappa shape index (κ3) is 2.27. The summed E-state index contributed by atoms with van der Waals surface area (Å²) in [6.45, 7) is 2.22. The highest BCUT2D eigenvalue weighted by Gasteiger charge is 2.02. The molecule has 15 heavy (non-hydrogen) atoms. The fourth-order valence-electron chi connectivity index (χ4n) is 1.74. The highest BCUT2D eigenvalue weighted by Crippen LogP contribution is 2.16. The summed E-state index contributed by atoms with van der Waals surface area (Å²) in [7, 11) is 0. The van der Waals surface area contributed by atoms with Gasteiger partial charge in [0.2, 0.25) is 0 Å². The molecule has 0 amide bonds. The molecule has 0 unspecified atom stereocenters. The van der Waals surface area contributed by atoms with Crippen molar-refractivity contribution in [3.63, 3.8) is 0 Å². The monoisotopic (exact) mass is 200 g/mol. The van der Waals surface area contributed by atoms with E-state index in [0.29, 0.717) is 0 Å². The second-order valence-corrected chi connectivity index (χ2v) is 3.70. The largest absolute Gasteiger partial charge is 0.306 e. The van der Waals surface area contributed by atoms with Crippen LogP contribution in [0.4, 0.5) is 0 Å². The Labute approximate surface area is 90.6 Å². The lowest BCUT2D eigenvalue weighted by Crippen LogP contribution is -1.97. The Balaban J connectivity index is 2.30. The molecule has 1 aromatic carbocycles. The van der Waals surface area contributed by atoms with Gasteiger partial charge in [0.25, 0.3) is 0 Å². The summed E-state index contributed by atoms with van der Waals surface area (Å²) >= 11 is 0. The number of benzene rings is 1. The predicted molar refractivity (Wildman–Crippen MR) is 62.2 cm³/mol. The first-order chi connectivity index (χ1) is 7.42. The molecule has 0 aliphatic rings. The highest BCUT2D eigenvalue weighted by atomic mass is 15.0. The van der Waals surface area contributed by atoms with Crippen LogP contribution in [-0.2, 0) is 6.42 Å². The maximum absolute atomic E-state index is 4.08. The fraction of sp³-hybridized carbons (Fsp3) is 0.308. The van der Waals surface area contributed by atoms with E-state index in [4.69, 9.17) is 0 Å². The van der Waals surface area contributed by atoms with Crippen molar-refractivity contribution in [2.24, 2.45) is 0 Å². The molecule has 0 aliphatic carbocycles. The van der Waals surface area contributed by atoms with Crippen molar-refractivity contribution in [3.05, 3.63) is 48.5 Å². The molecule has 2 aromatic rings. The molecule has 0 fully saturated rings. The molecule has 2 rings (SSSR count). The van der Waals surface area contributed by atoms with Gasteiger partial charge in [0, 0.05) is 18.1 Å². The van der Waals surface area contributed by atoms with Crippen molar-refractivity contribution in [1.82, 2.24) is 9.55 Å². The lowest BCUT2D eigenvalue weighted by molar-refractivity contribution is 0.788. The van der Waals surface area contributed by atoms with Crippen molar-refractivity contribution in [2.45, 2.75) is 26.2 Å². The lowest BCUT2D eigenvalue weighted by Gasteiger charge is -2.09. The fourth-order valence-corrected chi connectivity index (χ4v) is 1.74. The van der Waals surface area contributed by atoms with Gasteiger partial charge in [0.1, 0.15) is 0 Å². The smallest absolute Gasteiger partial charge is 0.0991 e. The third-order valence-electron chi connectivity index (χ3n) is 2.57. The van der Waals surface area contributed by atoms with Crippen molar-refractivity contribution in [2.75, 3.05) is 0 Å². The lowest BCUT2D eigenvalue weighted by atomic mass is 10.1. The van der Waals surface area contributed by atoms with Crippen LogP contribution in [0.3, 0.4) is 0 Å². The van der Waals surface area contributed by atoms with Gasteiger partial charge in [0.05, 0.1) is 6.33 Å². The summed E-state index contributed by atoms with van der Waals surface area (Å²) in [5.74, 6) is 0. The maximum atomic E-state index is 4.08. The molecular formula is C13H16N2. The summed E-state index contributed by atoms with van der Waals surface area (Å²) in [6.07, 6.45) is 9.28. The zero-order valence-corrected chi connectivity index (χ0v) is 9.06. The number of hydrogen-bond donors (Lipinski definition) is 0. The molecule has 0 bridgehead atoms. The van der Waals surface area contributed by atoms with Crippen molar-refractivity contribution in [1.29, 1.82) is 0 Å². The van der Waals surface area contributed by atoms with Crippen molar-refractivity contribution in [3.8, 4) is 5.69 Å². The van der Waals surface area contributed by atoms with Gasteiger partial charge in [-0.25, -0.2) is 4.98 Å². The Morgan fingerprint density at radius 3 is 2.87 bits per heavy atom. The molecule has 0 spiro atoms. The zero-order valence-electron chi connectivity index (χ0n) is 9.06. The number of nitrogens with zero attached hydrogens (tertiary/aromatic N) is 2. The Bertz CT molecular complexity index is 404. The highest BCUT2D eigenvalue weighted by molar-refractivity contribution is 5.40. The number of unbranched alkanes of at least 4 members (excludes halogenated alkanes) is 1. The molecule has 0 saturated heterocycles. The molecule has 2 nitrogen and oxygen atoms in total. The van der Waals surface area contributed by atoms with Crippen LogP contribution in [0.1, 0.15) is 25.3 Å². The molecule has 0 N–H and O–H groups in total. The van der Waals surface area contributed by atoms with E-state index in [9.17, 15) is 0 Å². The Hall–Kier alpha value is -1.57. The van der Waals surface area contributed by atoms with E-state index in [1.165, 1.54) is 24.1 Å². The third-order valence-corrected chi connectivity index (χ3v) is 2.57. The number of para-hydroxylation sites is 1. The Kier molecular flexibility index (Phi) is 3.18. The van der Waals surface area contributed by atoms with Crippen LogP contribution in [-0.4, -0.2) is 9.55 Å². The molecule has 78 valence electrons. The van der Waals surface area contributed by atoms with Crippen LogP contribution >= 0.6 is 0 Å². The van der Waals surface area contributed by atoms with E-state index < -0.39 is 0 Å². The summed E-state index contributed by atoms with van der Waals surface area (Å²) in [6, 6.07) is 8.52. The van der Waals surface area contributed by atoms with Gasteiger partial charge in [0.15, 0.2) is 0 Å². The molecular weight excluding hydrogens is 184 g/mol. The standard InChI is InChI=1S/C13H16N2/c1-2-3-6-12-7-4-5-8-13(12)15-10-9-14-11-15/h4-5,7-11H,2-3,6H2,1H3. The first kappa shape index (κ1) is 9.97. The van der Waals surface area contributed by atoms with Crippen molar-refractivity contribution >= 4 is 0 Å². The normalized spacial score (nSPS) is 10.5. The quantitative estimate of drug-likeness (QED) is 0.741. The van der Waals surface area contributed by atoms with Crippen molar-refractivity contribution < 1.29 is 0 Å². The maximum Gasteiger partial charge on any atom is 0.0991 e. The van der Waals surface area contributed by atoms with Crippen LogP contribution in [0.25, 0.3) is 5.69 Å². The molecule has 0 aliphatic heterocycles. The molecule has 0 atom stereocenters. The average molecular weight is 200 g/mol. The van der Waals surface area contributed by atoms with E-state index in [2.05, 4.69) is 40.7 Å². The Morgan fingerprint density at radius 2 is 2.13 bits per heavy atom. The van der Waals surface area contributed by atoms with Gasteiger partial charge in [-0.2, -0.15) is 0 Å². The number of aromatic nitrogens is 2. The van der Waals surface area contributed by atoms with E-state index in [1.807, 2.05) is 18.7 Å². The van der Waals surface area contributed by atoms with Gasteiger partial charge in [-0.3, -0.25) is 0 Å². The predicted octanol–water partition coefficient (Wildman–Crippen LogP) is 3.21. The SMILES string of the molecule is CCCCc1ccccc1-n1ccnc1. The average Bonchev–Trinajstić information content (AvgIpc) is 2.80. The van der Waals surface area contributed by atoms with Gasteiger partial charge in [-0.1, -0.05) is 31.5 Å². The van der Waals surface area contributed by atoms with Crippen LogP contribution in [0.15, 0.2) is 43.0 Å². The van der Waals surface area contributed by atoms with E-state index in [-0.39, 0.29) is 0 Å². The summed E-state index contributed by atoms with van der Waals surface area (Å²) in [5.41, 5.74) is 2.65. The number of hydrogen-bond acceptors (Lipinski definition) is 1. The van der Waals surface area contributed by atoms with Crippen LogP contribution in [0.5, 0.6) is 0 Å². The first-order valence-corrected chi connectivity index (χ1v) is 5.48. The zero-order chi connectivity index (χ0) is 10.5. The van der Waals surface area contributed by atoms with E-state index >= 15 is 0 Å². The topological polar surface area (TPSA) is 17.8 Å². The molecule has 1 heterocycles. The number of aryl methyl sites for hydroxylation is 1. The van der Waals surface area contributed by atoms with Gasteiger partial charge in [-0.15, -0.1) is 0 Å². The van der Waals surface area contributed by atoms with E-state index in [0.717, 1.165) is 6.42 Å². The second-order valence-electron chi connectivity index (χ2n) is 3.70. The second kappa shape index (κ2) is 4.78. The van der Waals surface area contributed by atoms with Crippen LogP contribution in [0, 0.1) is 0 Å². The van der Waals surface area contributed by atoms with Gasteiger partial charge >= 0.3 is 0 Å². The minimum atomic E-state index is 1.14. The van der Waals surface area contributed by atoms with Gasteiger partial charge in [-0.05, 0) is 24.5 Å². The number of imidazole rings is 1. The molecule has 2 heteroatoms. The van der Waals surface area contributed by atoms with Crippen LogP contribution < -0.4 is 0 Å². The summed E-state index contributed by atoms with van der Waals surface area (Å²) in [4.78, 5) is 4.08. The number of rotatable bonds is 4. The Morgan fingerprint density at radius 1 is 1.27 bits per heavy atom. The first-order valence-electron chi connectivity index (χ1n) is 5.48. The molecule has 1 aromatic heterocycles. The van der Waals surface area contributed by atoms with E-state index in [1.54, 1.807) is 0 Å². The van der Waals surface area contributed by atoms with Gasteiger partial charge < -0.3 is 4.57 Å².